The molecule has 1 aromatic heterocycles. The van der Waals surface area contributed by atoms with Gasteiger partial charge in [0.1, 0.15) is 22.4 Å². The van der Waals surface area contributed by atoms with E-state index in [1.807, 2.05) is 0 Å². The van der Waals surface area contributed by atoms with Gasteiger partial charge in [0.05, 0.1) is 10.2 Å². The van der Waals surface area contributed by atoms with Crippen molar-refractivity contribution in [3.63, 3.8) is 0 Å². The molecule has 0 saturated carbocycles. The molecule has 2 heterocycles. The van der Waals surface area contributed by atoms with E-state index in [1.54, 1.807) is 23.1 Å². The van der Waals surface area contributed by atoms with Crippen molar-refractivity contribution in [1.82, 2.24) is 4.98 Å². The van der Waals surface area contributed by atoms with Crippen LogP contribution in [0, 0.1) is 0 Å². The van der Waals surface area contributed by atoms with Crippen LogP contribution in [0.3, 0.4) is 0 Å². The normalized spacial score (nSPS) is 18.0. The van der Waals surface area contributed by atoms with Crippen molar-refractivity contribution in [2.45, 2.75) is 19.9 Å². The minimum atomic E-state index is -0.205. The van der Waals surface area contributed by atoms with Crippen molar-refractivity contribution in [3.05, 3.63) is 23.2 Å². The van der Waals surface area contributed by atoms with E-state index >= 15 is 0 Å². The predicted octanol–water partition coefficient (Wildman–Crippen LogP) is 3.20. The lowest BCUT2D eigenvalue weighted by Gasteiger charge is -2.20. The lowest BCUT2D eigenvalue weighted by atomic mass is 10.2. The Kier molecular flexibility index (Phi) is 4.26. The SMILES string of the molecule is CCN(CC)c1ccc2nc(C3=NC(C=O)CS3)sc2c1. The topological polar surface area (TPSA) is 45.6 Å². The first-order chi connectivity index (χ1) is 10.2. The van der Waals surface area contributed by atoms with Gasteiger partial charge < -0.3 is 9.69 Å². The second kappa shape index (κ2) is 6.15. The molecule has 0 amide bonds. The van der Waals surface area contributed by atoms with Gasteiger partial charge in [-0.15, -0.1) is 23.1 Å². The van der Waals surface area contributed by atoms with E-state index in [0.29, 0.717) is 0 Å². The summed E-state index contributed by atoms with van der Waals surface area (Å²) in [5, 5.41) is 1.83. The number of thiazole rings is 1. The molecule has 0 fully saturated rings. The van der Waals surface area contributed by atoms with Crippen LogP contribution < -0.4 is 4.90 Å². The number of carbonyl (C=O) groups excluding carboxylic acids is 1. The number of aliphatic imine (C=N–C) groups is 1. The second-order valence-corrected chi connectivity index (χ2v) is 6.83. The lowest BCUT2D eigenvalue weighted by Crippen LogP contribution is -2.21. The molecule has 1 aliphatic heterocycles. The van der Waals surface area contributed by atoms with E-state index in [0.717, 1.165) is 40.7 Å². The quantitative estimate of drug-likeness (QED) is 0.794. The summed E-state index contributed by atoms with van der Waals surface area (Å²) in [7, 11) is 0. The molecule has 0 saturated heterocycles. The van der Waals surface area contributed by atoms with Crippen LogP contribution in [0.25, 0.3) is 10.2 Å². The van der Waals surface area contributed by atoms with Crippen molar-refractivity contribution in [2.75, 3.05) is 23.7 Å². The number of hydrogen-bond acceptors (Lipinski definition) is 6. The van der Waals surface area contributed by atoms with Gasteiger partial charge in [0.2, 0.25) is 0 Å². The molecule has 2 aromatic rings. The molecule has 0 bridgehead atoms. The molecule has 0 N–H and O–H groups in total. The number of thioether (sulfide) groups is 1. The number of benzene rings is 1. The van der Waals surface area contributed by atoms with Crippen LogP contribution in [0.15, 0.2) is 23.2 Å². The Labute approximate surface area is 132 Å². The fourth-order valence-electron chi connectivity index (χ4n) is 2.37. The number of aromatic nitrogens is 1. The first kappa shape index (κ1) is 14.5. The molecule has 6 heteroatoms. The fourth-order valence-corrected chi connectivity index (χ4v) is 4.42. The highest BCUT2D eigenvalue weighted by atomic mass is 32.2. The minimum Gasteiger partial charge on any atom is -0.372 e. The van der Waals surface area contributed by atoms with Gasteiger partial charge >= 0.3 is 0 Å². The number of anilines is 1. The third-order valence-corrected chi connectivity index (χ3v) is 5.75. The highest BCUT2D eigenvalue weighted by Crippen LogP contribution is 2.31. The predicted molar refractivity (Wildman–Crippen MR) is 92.0 cm³/mol. The number of hydrogen-bond donors (Lipinski definition) is 0. The van der Waals surface area contributed by atoms with E-state index in [1.165, 1.54) is 10.4 Å². The summed E-state index contributed by atoms with van der Waals surface area (Å²) in [6.07, 6.45) is 0.909. The van der Waals surface area contributed by atoms with Crippen LogP contribution in [0.4, 0.5) is 5.69 Å². The van der Waals surface area contributed by atoms with Gasteiger partial charge in [-0.3, -0.25) is 4.99 Å². The summed E-state index contributed by atoms with van der Waals surface area (Å²) in [6.45, 7) is 6.32. The molecule has 1 atom stereocenters. The molecule has 0 aliphatic carbocycles. The highest BCUT2D eigenvalue weighted by molar-refractivity contribution is 8.15. The Morgan fingerprint density at radius 1 is 1.38 bits per heavy atom. The highest BCUT2D eigenvalue weighted by Gasteiger charge is 2.21. The molecule has 1 aromatic carbocycles. The number of rotatable bonds is 5. The molecule has 21 heavy (non-hydrogen) atoms. The van der Waals surface area contributed by atoms with Gasteiger partial charge in [-0.1, -0.05) is 0 Å². The van der Waals surface area contributed by atoms with Crippen LogP contribution >= 0.6 is 23.1 Å². The number of carbonyl (C=O) groups is 1. The largest absolute Gasteiger partial charge is 0.372 e. The maximum Gasteiger partial charge on any atom is 0.149 e. The molecule has 1 aliphatic rings. The maximum absolute atomic E-state index is 10.8. The monoisotopic (exact) mass is 319 g/mol. The van der Waals surface area contributed by atoms with Gasteiger partial charge in [0.25, 0.3) is 0 Å². The van der Waals surface area contributed by atoms with Gasteiger partial charge in [0.15, 0.2) is 0 Å². The zero-order chi connectivity index (χ0) is 14.8. The van der Waals surface area contributed by atoms with Crippen LogP contribution in [-0.2, 0) is 4.79 Å². The zero-order valence-electron chi connectivity index (χ0n) is 12.1. The molecule has 0 spiro atoms. The Morgan fingerprint density at radius 3 is 2.86 bits per heavy atom. The molecule has 1 unspecified atom stereocenters. The summed E-state index contributed by atoms with van der Waals surface area (Å²) in [5.41, 5.74) is 2.23. The first-order valence-electron chi connectivity index (χ1n) is 7.07. The number of fused-ring (bicyclic) bond motifs is 1. The van der Waals surface area contributed by atoms with Crippen molar-refractivity contribution in [3.8, 4) is 0 Å². The van der Waals surface area contributed by atoms with Gasteiger partial charge in [-0.05, 0) is 32.0 Å². The average molecular weight is 319 g/mol. The van der Waals surface area contributed by atoms with E-state index in [4.69, 9.17) is 0 Å². The Morgan fingerprint density at radius 2 is 2.19 bits per heavy atom. The van der Waals surface area contributed by atoms with E-state index in [9.17, 15) is 4.79 Å². The van der Waals surface area contributed by atoms with Gasteiger partial charge in [-0.25, -0.2) is 4.98 Å². The molecule has 3 rings (SSSR count). The zero-order valence-corrected chi connectivity index (χ0v) is 13.7. The number of nitrogens with zero attached hydrogens (tertiary/aromatic N) is 3. The third kappa shape index (κ3) is 2.82. The lowest BCUT2D eigenvalue weighted by molar-refractivity contribution is -0.108. The third-order valence-electron chi connectivity index (χ3n) is 3.51. The fraction of sp³-hybridized carbons (Fsp3) is 0.400. The summed E-state index contributed by atoms with van der Waals surface area (Å²) < 4.78 is 1.17. The second-order valence-electron chi connectivity index (χ2n) is 4.79. The summed E-state index contributed by atoms with van der Waals surface area (Å²) in [5.74, 6) is 0.736. The molecule has 0 radical (unpaired) electrons. The van der Waals surface area contributed by atoms with Crippen molar-refractivity contribution < 1.29 is 4.79 Å². The van der Waals surface area contributed by atoms with Crippen molar-refractivity contribution >= 4 is 50.3 Å². The molecular formula is C15H17N3OS2. The minimum absolute atomic E-state index is 0.205. The van der Waals surface area contributed by atoms with Crippen LogP contribution in [0.5, 0.6) is 0 Å². The standard InChI is InChI=1S/C15H17N3OS2/c1-3-18(4-2)11-5-6-12-13(7-11)21-15(17-12)14-16-10(8-19)9-20-14/h5-8,10H,3-4,9H2,1-2H3. The van der Waals surface area contributed by atoms with Crippen molar-refractivity contribution in [2.24, 2.45) is 4.99 Å². The van der Waals surface area contributed by atoms with Crippen LogP contribution in [0.1, 0.15) is 18.9 Å². The van der Waals surface area contributed by atoms with E-state index in [2.05, 4.69) is 46.9 Å². The molecular weight excluding hydrogens is 302 g/mol. The van der Waals surface area contributed by atoms with Gasteiger partial charge in [-0.2, -0.15) is 0 Å². The maximum atomic E-state index is 10.8. The summed E-state index contributed by atoms with van der Waals surface area (Å²) in [4.78, 5) is 22.2. The van der Waals surface area contributed by atoms with Crippen LogP contribution in [0.2, 0.25) is 0 Å². The summed E-state index contributed by atoms with van der Waals surface area (Å²) in [6, 6.07) is 6.18. The smallest absolute Gasteiger partial charge is 0.149 e. The van der Waals surface area contributed by atoms with E-state index < -0.39 is 0 Å². The number of aldehydes is 1. The Hall–Kier alpha value is -1.40. The summed E-state index contributed by atoms with van der Waals surface area (Å²) >= 11 is 3.27. The van der Waals surface area contributed by atoms with Crippen molar-refractivity contribution in [1.29, 1.82) is 0 Å². The first-order valence-corrected chi connectivity index (χ1v) is 8.87. The van der Waals surface area contributed by atoms with E-state index in [-0.39, 0.29) is 6.04 Å². The Bertz CT molecular complexity index is 691. The molecule has 4 nitrogen and oxygen atoms in total. The average Bonchev–Trinajstić information content (AvgIpc) is 3.14. The van der Waals surface area contributed by atoms with Crippen LogP contribution in [-0.4, -0.2) is 41.2 Å². The Balaban J connectivity index is 1.95. The van der Waals surface area contributed by atoms with Gasteiger partial charge in [0, 0.05) is 24.5 Å². The molecule has 110 valence electrons.